The van der Waals surface area contributed by atoms with Gasteiger partial charge in [-0.3, -0.25) is 4.79 Å². The molecule has 0 saturated carbocycles. The van der Waals surface area contributed by atoms with Gasteiger partial charge in [0.25, 0.3) is 5.91 Å². The van der Waals surface area contributed by atoms with Crippen molar-refractivity contribution in [1.29, 1.82) is 0 Å². The van der Waals surface area contributed by atoms with Gasteiger partial charge in [0.2, 0.25) is 0 Å². The summed E-state index contributed by atoms with van der Waals surface area (Å²) >= 11 is 0. The molecule has 0 spiro atoms. The maximum absolute atomic E-state index is 13.7. The van der Waals surface area contributed by atoms with E-state index in [1.165, 1.54) is 0 Å². The number of nitrogens with zero attached hydrogens (tertiary/aromatic N) is 6. The van der Waals surface area contributed by atoms with Crippen molar-refractivity contribution >= 4 is 22.5 Å². The number of rotatable bonds is 7. The van der Waals surface area contributed by atoms with Crippen LogP contribution in [0.25, 0.3) is 10.8 Å². The Morgan fingerprint density at radius 1 is 0.879 bits per heavy atom. The van der Waals surface area contributed by atoms with E-state index in [-0.39, 0.29) is 5.91 Å². The monoisotopic (exact) mass is 446 g/mol. The Morgan fingerprint density at radius 3 is 2.36 bits per heavy atom. The summed E-state index contributed by atoms with van der Waals surface area (Å²) in [6.07, 6.45) is 1.09. The third-order valence-electron chi connectivity index (χ3n) is 6.21. The Hall–Kier alpha value is -3.03. The molecule has 174 valence electrons. The van der Waals surface area contributed by atoms with E-state index in [1.807, 2.05) is 55.4 Å². The van der Waals surface area contributed by atoms with Gasteiger partial charge in [-0.15, -0.1) is 10.2 Å². The largest absolute Gasteiger partial charge is 0.353 e. The maximum Gasteiger partial charge on any atom is 0.275 e. The highest BCUT2D eigenvalue weighted by Crippen LogP contribution is 2.27. The number of benzene rings is 2. The van der Waals surface area contributed by atoms with Gasteiger partial charge in [-0.1, -0.05) is 54.6 Å². The molecule has 0 bridgehead atoms. The van der Waals surface area contributed by atoms with Crippen LogP contribution in [0.1, 0.15) is 22.5 Å². The van der Waals surface area contributed by atoms with Gasteiger partial charge in [-0.2, -0.15) is 0 Å². The standard InChI is InChI=1S/C26H34N6O/c1-29(2)16-18-32(20-21-10-5-4-6-11-21)26(33)24-22-12-7-8-13-23(22)25(28-27-24)31-15-9-14-30(3)17-19-31/h4-8,10-13H,9,14-20H2,1-3H3. The highest BCUT2D eigenvalue weighted by atomic mass is 16.2. The van der Waals surface area contributed by atoms with Gasteiger partial charge >= 0.3 is 0 Å². The molecule has 2 heterocycles. The van der Waals surface area contributed by atoms with Crippen LogP contribution < -0.4 is 4.90 Å². The van der Waals surface area contributed by atoms with Crippen molar-refractivity contribution in [2.24, 2.45) is 0 Å². The zero-order valence-electron chi connectivity index (χ0n) is 19.9. The zero-order chi connectivity index (χ0) is 23.2. The number of carbonyl (C=O) groups is 1. The molecule has 0 radical (unpaired) electrons. The van der Waals surface area contributed by atoms with E-state index >= 15 is 0 Å². The molecule has 3 aromatic rings. The lowest BCUT2D eigenvalue weighted by atomic mass is 10.1. The number of amides is 1. The molecule has 7 nitrogen and oxygen atoms in total. The minimum atomic E-state index is -0.0773. The Bertz CT molecular complexity index is 1070. The smallest absolute Gasteiger partial charge is 0.275 e. The minimum absolute atomic E-state index is 0.0773. The lowest BCUT2D eigenvalue weighted by Crippen LogP contribution is -2.37. The van der Waals surface area contributed by atoms with Crippen LogP contribution in [0.3, 0.4) is 0 Å². The van der Waals surface area contributed by atoms with Gasteiger partial charge in [0.1, 0.15) is 0 Å². The molecule has 1 aliphatic heterocycles. The van der Waals surface area contributed by atoms with E-state index < -0.39 is 0 Å². The first-order valence-corrected chi connectivity index (χ1v) is 11.7. The van der Waals surface area contributed by atoms with E-state index in [0.29, 0.717) is 18.8 Å². The fourth-order valence-electron chi connectivity index (χ4n) is 4.27. The molecule has 7 heteroatoms. The Kier molecular flexibility index (Phi) is 7.52. The zero-order valence-corrected chi connectivity index (χ0v) is 19.9. The van der Waals surface area contributed by atoms with Crippen molar-refractivity contribution in [2.45, 2.75) is 13.0 Å². The van der Waals surface area contributed by atoms with E-state index in [2.05, 4.69) is 50.1 Å². The molecule has 4 rings (SSSR count). The predicted molar refractivity (Wildman–Crippen MR) is 134 cm³/mol. The molecule has 1 aliphatic rings. The molecule has 1 fully saturated rings. The second-order valence-electron chi connectivity index (χ2n) is 9.08. The Labute approximate surface area is 196 Å². The third kappa shape index (κ3) is 5.67. The minimum Gasteiger partial charge on any atom is -0.353 e. The Balaban J connectivity index is 1.67. The summed E-state index contributed by atoms with van der Waals surface area (Å²) in [5.41, 5.74) is 1.53. The fraction of sp³-hybridized carbons (Fsp3) is 0.423. The van der Waals surface area contributed by atoms with Crippen molar-refractivity contribution in [1.82, 2.24) is 24.9 Å². The van der Waals surface area contributed by atoms with Crippen LogP contribution in [-0.2, 0) is 6.54 Å². The van der Waals surface area contributed by atoms with Crippen molar-refractivity contribution < 1.29 is 4.79 Å². The molecule has 2 aromatic carbocycles. The maximum atomic E-state index is 13.7. The second-order valence-corrected chi connectivity index (χ2v) is 9.08. The van der Waals surface area contributed by atoms with E-state index in [9.17, 15) is 4.79 Å². The van der Waals surface area contributed by atoms with Crippen molar-refractivity contribution in [3.05, 3.63) is 65.9 Å². The van der Waals surface area contributed by atoms with Crippen molar-refractivity contribution in [3.63, 3.8) is 0 Å². The van der Waals surface area contributed by atoms with Gasteiger partial charge in [-0.25, -0.2) is 0 Å². The molecule has 0 atom stereocenters. The average Bonchev–Trinajstić information content (AvgIpc) is 3.05. The van der Waals surface area contributed by atoms with Gasteiger partial charge < -0.3 is 19.6 Å². The summed E-state index contributed by atoms with van der Waals surface area (Å²) in [7, 11) is 6.20. The summed E-state index contributed by atoms with van der Waals surface area (Å²) < 4.78 is 0. The quantitative estimate of drug-likeness (QED) is 0.556. The number of anilines is 1. The summed E-state index contributed by atoms with van der Waals surface area (Å²) in [6, 6.07) is 18.2. The van der Waals surface area contributed by atoms with E-state index in [4.69, 9.17) is 0 Å². The molecular weight excluding hydrogens is 412 g/mol. The molecule has 1 aromatic heterocycles. The van der Waals surface area contributed by atoms with Crippen molar-refractivity contribution in [2.75, 3.05) is 65.3 Å². The first-order chi connectivity index (χ1) is 16.0. The molecule has 0 aliphatic carbocycles. The van der Waals surface area contributed by atoms with Gasteiger partial charge in [-0.05, 0) is 39.7 Å². The number of carbonyl (C=O) groups excluding carboxylic acids is 1. The summed E-state index contributed by atoms with van der Waals surface area (Å²) in [5, 5.41) is 11.0. The van der Waals surface area contributed by atoms with Crippen LogP contribution in [0.2, 0.25) is 0 Å². The first-order valence-electron chi connectivity index (χ1n) is 11.7. The molecule has 0 N–H and O–H groups in total. The van der Waals surface area contributed by atoms with Crippen LogP contribution >= 0.6 is 0 Å². The molecule has 1 amide bonds. The predicted octanol–water partition coefficient (Wildman–Crippen LogP) is 2.98. The summed E-state index contributed by atoms with van der Waals surface area (Å²) in [6.45, 7) is 5.87. The number of hydrogen-bond donors (Lipinski definition) is 0. The highest BCUT2D eigenvalue weighted by Gasteiger charge is 2.24. The third-order valence-corrected chi connectivity index (χ3v) is 6.21. The van der Waals surface area contributed by atoms with Crippen LogP contribution in [0, 0.1) is 0 Å². The first kappa shape index (κ1) is 23.1. The lowest BCUT2D eigenvalue weighted by molar-refractivity contribution is 0.0727. The molecular formula is C26H34N6O. The van der Waals surface area contributed by atoms with Crippen molar-refractivity contribution in [3.8, 4) is 0 Å². The van der Waals surface area contributed by atoms with Crippen LogP contribution in [0.4, 0.5) is 5.82 Å². The highest BCUT2D eigenvalue weighted by molar-refractivity contribution is 6.07. The topological polar surface area (TPSA) is 55.8 Å². The van der Waals surface area contributed by atoms with Gasteiger partial charge in [0.05, 0.1) is 0 Å². The second kappa shape index (κ2) is 10.7. The molecule has 0 unspecified atom stereocenters. The Morgan fingerprint density at radius 2 is 1.61 bits per heavy atom. The van der Waals surface area contributed by atoms with Crippen LogP contribution in [-0.4, -0.2) is 91.2 Å². The summed E-state index contributed by atoms with van der Waals surface area (Å²) in [4.78, 5) is 22.4. The van der Waals surface area contributed by atoms with Crippen LogP contribution in [0.15, 0.2) is 54.6 Å². The normalized spacial score (nSPS) is 15.1. The van der Waals surface area contributed by atoms with Gasteiger partial charge in [0.15, 0.2) is 11.5 Å². The van der Waals surface area contributed by atoms with E-state index in [1.54, 1.807) is 0 Å². The number of likely N-dealkylation sites (N-methyl/N-ethyl adjacent to an activating group) is 2. The number of aromatic nitrogens is 2. The van der Waals surface area contributed by atoms with E-state index in [0.717, 1.165) is 61.3 Å². The molecule has 1 saturated heterocycles. The summed E-state index contributed by atoms with van der Waals surface area (Å²) in [5.74, 6) is 0.798. The fourth-order valence-corrected chi connectivity index (χ4v) is 4.27. The van der Waals surface area contributed by atoms with Gasteiger partial charge in [0, 0.05) is 50.0 Å². The average molecular weight is 447 g/mol. The number of hydrogen-bond acceptors (Lipinski definition) is 6. The SMILES string of the molecule is CN(C)CCN(Cc1ccccc1)C(=O)c1nnc(N2CCCN(C)CC2)c2ccccc12. The number of fused-ring (bicyclic) bond motifs is 1. The van der Waals surface area contributed by atoms with Crippen LogP contribution in [0.5, 0.6) is 0 Å². The lowest BCUT2D eigenvalue weighted by Gasteiger charge is -2.26. The molecule has 33 heavy (non-hydrogen) atoms.